The molecule has 2 unspecified atom stereocenters. The third kappa shape index (κ3) is 2.58. The second kappa shape index (κ2) is 5.55. The molecular weight excluding hydrogens is 253 g/mol. The summed E-state index contributed by atoms with van der Waals surface area (Å²) in [5.41, 5.74) is 1.08. The van der Waals surface area contributed by atoms with Gasteiger partial charge < -0.3 is 4.90 Å². The van der Waals surface area contributed by atoms with E-state index >= 15 is 0 Å². The summed E-state index contributed by atoms with van der Waals surface area (Å²) in [6.07, 6.45) is 6.24. The second-order valence-corrected chi connectivity index (χ2v) is 6.33. The van der Waals surface area contributed by atoms with E-state index in [1.165, 1.54) is 31.7 Å². The van der Waals surface area contributed by atoms with Gasteiger partial charge in [0.25, 0.3) is 5.91 Å². The van der Waals surface area contributed by atoms with Gasteiger partial charge in [-0.15, -0.1) is 0 Å². The Morgan fingerprint density at radius 2 is 1.95 bits per heavy atom. The molecule has 108 valence electrons. The quantitative estimate of drug-likeness (QED) is 0.763. The largest absolute Gasteiger partial charge is 0.338 e. The molecule has 0 spiro atoms. The van der Waals surface area contributed by atoms with Crippen molar-refractivity contribution < 1.29 is 9.18 Å². The maximum Gasteiger partial charge on any atom is 0.256 e. The molecule has 0 N–H and O–H groups in total. The van der Waals surface area contributed by atoms with Crippen LogP contribution in [0.1, 0.15) is 48.0 Å². The van der Waals surface area contributed by atoms with Crippen LogP contribution in [0.25, 0.3) is 0 Å². The molecule has 1 aromatic rings. The summed E-state index contributed by atoms with van der Waals surface area (Å²) in [6.45, 7) is 3.44. The van der Waals surface area contributed by atoms with Gasteiger partial charge >= 0.3 is 0 Å². The molecule has 1 aromatic carbocycles. The predicted octanol–water partition coefficient (Wildman–Crippen LogP) is 3.79. The van der Waals surface area contributed by atoms with Crippen LogP contribution in [0.2, 0.25) is 0 Å². The molecule has 0 bridgehead atoms. The Bertz CT molecular complexity index is 514. The third-order valence-electron chi connectivity index (χ3n) is 4.93. The summed E-state index contributed by atoms with van der Waals surface area (Å²) in [4.78, 5) is 14.4. The molecule has 3 rings (SSSR count). The molecule has 2 nitrogen and oxygen atoms in total. The fourth-order valence-electron chi connectivity index (χ4n) is 3.75. The van der Waals surface area contributed by atoms with Crippen molar-refractivity contribution >= 4 is 5.91 Å². The van der Waals surface area contributed by atoms with Crippen molar-refractivity contribution in [3.05, 3.63) is 35.1 Å². The first-order valence-corrected chi connectivity index (χ1v) is 7.70. The molecular formula is C17H22FNO. The lowest BCUT2D eigenvalue weighted by Gasteiger charge is -2.41. The number of amides is 1. The summed E-state index contributed by atoms with van der Waals surface area (Å²) in [7, 11) is 0. The zero-order valence-corrected chi connectivity index (χ0v) is 12.1. The number of hydrogen-bond donors (Lipinski definition) is 0. The number of aryl methyl sites for hydroxylation is 1. The van der Waals surface area contributed by atoms with E-state index in [0.717, 1.165) is 31.0 Å². The number of likely N-dealkylation sites (tertiary alicyclic amines) is 1. The van der Waals surface area contributed by atoms with Crippen molar-refractivity contribution in [3.63, 3.8) is 0 Å². The highest BCUT2D eigenvalue weighted by Crippen LogP contribution is 2.36. The van der Waals surface area contributed by atoms with Gasteiger partial charge in [-0.25, -0.2) is 4.39 Å². The van der Waals surface area contributed by atoms with E-state index in [1.54, 1.807) is 6.07 Å². The van der Waals surface area contributed by atoms with Gasteiger partial charge in [0.05, 0.1) is 5.56 Å². The van der Waals surface area contributed by atoms with Gasteiger partial charge in [0.2, 0.25) is 0 Å². The molecule has 3 heteroatoms. The Labute approximate surface area is 120 Å². The molecule has 2 fully saturated rings. The minimum absolute atomic E-state index is 0.133. The van der Waals surface area contributed by atoms with Crippen molar-refractivity contribution in [1.82, 2.24) is 4.90 Å². The number of halogens is 1. The average molecular weight is 275 g/mol. The van der Waals surface area contributed by atoms with Crippen LogP contribution in [-0.4, -0.2) is 23.9 Å². The molecule has 1 saturated heterocycles. The average Bonchev–Trinajstić information content (AvgIpc) is 2.46. The van der Waals surface area contributed by atoms with Crippen molar-refractivity contribution in [2.45, 2.75) is 39.0 Å². The third-order valence-corrected chi connectivity index (χ3v) is 4.93. The van der Waals surface area contributed by atoms with E-state index in [4.69, 9.17) is 0 Å². The summed E-state index contributed by atoms with van der Waals surface area (Å²) in [5, 5.41) is 0. The van der Waals surface area contributed by atoms with Crippen LogP contribution in [-0.2, 0) is 0 Å². The molecule has 20 heavy (non-hydrogen) atoms. The van der Waals surface area contributed by atoms with E-state index in [-0.39, 0.29) is 17.3 Å². The van der Waals surface area contributed by atoms with Crippen molar-refractivity contribution in [3.8, 4) is 0 Å². The van der Waals surface area contributed by atoms with Gasteiger partial charge in [0.15, 0.2) is 0 Å². The monoisotopic (exact) mass is 275 g/mol. The SMILES string of the molecule is Cc1ccc(C(=O)N2CCC3CCCCC3C2)c(F)c1. The van der Waals surface area contributed by atoms with Crippen LogP contribution in [0.3, 0.4) is 0 Å². The van der Waals surface area contributed by atoms with E-state index < -0.39 is 0 Å². The van der Waals surface area contributed by atoms with Crippen LogP contribution in [0.15, 0.2) is 18.2 Å². The smallest absolute Gasteiger partial charge is 0.256 e. The Morgan fingerprint density at radius 3 is 2.70 bits per heavy atom. The Balaban J connectivity index is 1.74. The Morgan fingerprint density at radius 1 is 1.20 bits per heavy atom. The first-order valence-electron chi connectivity index (χ1n) is 7.70. The van der Waals surface area contributed by atoms with Crippen molar-refractivity contribution in [1.29, 1.82) is 0 Å². The van der Waals surface area contributed by atoms with E-state index in [9.17, 15) is 9.18 Å². The van der Waals surface area contributed by atoms with Gasteiger partial charge in [0, 0.05) is 13.1 Å². The first-order chi connectivity index (χ1) is 9.65. The molecule has 1 aliphatic heterocycles. The number of rotatable bonds is 1. The lowest BCUT2D eigenvalue weighted by Crippen LogP contribution is -2.45. The number of benzene rings is 1. The number of piperidine rings is 1. The topological polar surface area (TPSA) is 20.3 Å². The van der Waals surface area contributed by atoms with Crippen LogP contribution >= 0.6 is 0 Å². The number of carbonyl (C=O) groups is 1. The zero-order valence-electron chi connectivity index (χ0n) is 12.1. The van der Waals surface area contributed by atoms with Gasteiger partial charge in [-0.1, -0.05) is 25.3 Å². The molecule has 2 aliphatic rings. The highest BCUT2D eigenvalue weighted by Gasteiger charge is 2.33. The number of fused-ring (bicyclic) bond motifs is 1. The fraction of sp³-hybridized carbons (Fsp3) is 0.588. The molecule has 2 atom stereocenters. The van der Waals surface area contributed by atoms with Gasteiger partial charge in [0.1, 0.15) is 5.82 Å². The van der Waals surface area contributed by atoms with Crippen molar-refractivity contribution in [2.24, 2.45) is 11.8 Å². The Hall–Kier alpha value is -1.38. The lowest BCUT2D eigenvalue weighted by atomic mass is 9.75. The summed E-state index contributed by atoms with van der Waals surface area (Å²) < 4.78 is 13.9. The molecule has 1 heterocycles. The van der Waals surface area contributed by atoms with Crippen LogP contribution < -0.4 is 0 Å². The highest BCUT2D eigenvalue weighted by molar-refractivity contribution is 5.94. The predicted molar refractivity (Wildman–Crippen MR) is 77.1 cm³/mol. The van der Waals surface area contributed by atoms with E-state index in [2.05, 4.69) is 0 Å². The molecule has 0 aromatic heterocycles. The number of nitrogens with zero attached hydrogens (tertiary/aromatic N) is 1. The van der Waals surface area contributed by atoms with E-state index in [1.807, 2.05) is 17.9 Å². The minimum atomic E-state index is -0.388. The van der Waals surface area contributed by atoms with Gasteiger partial charge in [-0.05, 0) is 49.3 Å². The zero-order chi connectivity index (χ0) is 14.1. The number of hydrogen-bond acceptors (Lipinski definition) is 1. The maximum atomic E-state index is 13.9. The molecule has 0 radical (unpaired) electrons. The van der Waals surface area contributed by atoms with E-state index in [0.29, 0.717) is 5.92 Å². The maximum absolute atomic E-state index is 13.9. The molecule has 1 amide bonds. The molecule has 1 aliphatic carbocycles. The van der Waals surface area contributed by atoms with Crippen LogP contribution in [0.4, 0.5) is 4.39 Å². The normalized spacial score (nSPS) is 26.2. The first kappa shape index (κ1) is 13.6. The number of carbonyl (C=O) groups excluding carboxylic acids is 1. The summed E-state index contributed by atoms with van der Waals surface area (Å²) in [6, 6.07) is 4.88. The summed E-state index contributed by atoms with van der Waals surface area (Å²) in [5.74, 6) is 0.901. The minimum Gasteiger partial charge on any atom is -0.338 e. The van der Waals surface area contributed by atoms with Crippen molar-refractivity contribution in [2.75, 3.05) is 13.1 Å². The standard InChI is InChI=1S/C17H22FNO/c1-12-6-7-15(16(18)10-12)17(20)19-9-8-13-4-2-3-5-14(13)11-19/h6-7,10,13-14H,2-5,8-9,11H2,1H3. The van der Waals surface area contributed by atoms with Crippen LogP contribution in [0.5, 0.6) is 0 Å². The second-order valence-electron chi connectivity index (χ2n) is 6.33. The van der Waals surface area contributed by atoms with Gasteiger partial charge in [-0.2, -0.15) is 0 Å². The van der Waals surface area contributed by atoms with Crippen LogP contribution in [0, 0.1) is 24.6 Å². The molecule has 1 saturated carbocycles. The summed E-state index contributed by atoms with van der Waals surface area (Å²) >= 11 is 0. The fourth-order valence-corrected chi connectivity index (χ4v) is 3.75. The Kier molecular flexibility index (Phi) is 3.77. The lowest BCUT2D eigenvalue weighted by molar-refractivity contribution is 0.0516. The van der Waals surface area contributed by atoms with Gasteiger partial charge in [-0.3, -0.25) is 4.79 Å². The highest BCUT2D eigenvalue weighted by atomic mass is 19.1.